The zero-order valence-electron chi connectivity index (χ0n) is 20.5. The molecule has 176 valence electrons. The zero-order chi connectivity index (χ0) is 23.8. The molecule has 0 aromatic carbocycles. The standard InChI is InChI=1S/C13H24BO2P.C10H20BO2P/c1-13(2)15-11-9(6-7-17(3,4)5)8-10(14)12(11)16-13;1-14(2,3)5-4-7-6-8(11)10(13)9(7)12/h9-12H,3,6-8H2,1-2,4-5H3;7-10,12-13H,1,4-6H2,2-3H3. The van der Waals surface area contributed by atoms with Crippen LogP contribution in [-0.4, -0.2) is 108 Å². The van der Waals surface area contributed by atoms with Crippen LogP contribution in [0.3, 0.4) is 0 Å². The van der Waals surface area contributed by atoms with Crippen LogP contribution < -0.4 is 0 Å². The summed E-state index contributed by atoms with van der Waals surface area (Å²) in [6, 6.07) is 0. The van der Waals surface area contributed by atoms with E-state index in [1.54, 1.807) is 0 Å². The molecule has 8 atom stereocenters. The predicted octanol–water partition coefficient (Wildman–Crippen LogP) is 3.37. The topological polar surface area (TPSA) is 58.9 Å². The van der Waals surface area contributed by atoms with Crippen LogP contribution >= 0.6 is 13.8 Å². The summed E-state index contributed by atoms with van der Waals surface area (Å²) in [6.07, 6.45) is 13.5. The Labute approximate surface area is 194 Å². The molecular weight excluding hydrogens is 424 g/mol. The highest BCUT2D eigenvalue weighted by atomic mass is 31.2. The highest BCUT2D eigenvalue weighted by Crippen LogP contribution is 2.49. The van der Waals surface area contributed by atoms with Gasteiger partial charge in [-0.15, -0.1) is 26.4 Å². The molecule has 0 spiro atoms. The maximum absolute atomic E-state index is 9.69. The summed E-state index contributed by atoms with van der Waals surface area (Å²) >= 11 is 0. The van der Waals surface area contributed by atoms with Gasteiger partial charge in [0.05, 0.1) is 40.1 Å². The molecule has 2 N–H and O–H groups in total. The summed E-state index contributed by atoms with van der Waals surface area (Å²) in [5.74, 6) is 0.152. The molecule has 3 rings (SSSR count). The fourth-order valence-corrected chi connectivity index (χ4v) is 6.95. The number of hydrogen-bond donors (Lipinski definition) is 2. The molecule has 4 nitrogen and oxygen atoms in total. The lowest BCUT2D eigenvalue weighted by Gasteiger charge is -2.24. The van der Waals surface area contributed by atoms with Crippen LogP contribution in [0.15, 0.2) is 0 Å². The van der Waals surface area contributed by atoms with Gasteiger partial charge in [-0.05, 0) is 89.1 Å². The molecule has 0 aromatic rings. The molecule has 8 unspecified atom stereocenters. The predicted molar refractivity (Wildman–Crippen MR) is 142 cm³/mol. The molecule has 31 heavy (non-hydrogen) atoms. The highest BCUT2D eigenvalue weighted by molar-refractivity contribution is 7.72. The third-order valence-corrected chi connectivity index (χ3v) is 9.62. The van der Waals surface area contributed by atoms with Crippen LogP contribution in [0, 0.1) is 11.8 Å². The van der Waals surface area contributed by atoms with E-state index in [1.165, 1.54) is 12.6 Å². The molecule has 1 saturated heterocycles. The number of fused-ring (bicyclic) bond motifs is 1. The Morgan fingerprint density at radius 2 is 1.26 bits per heavy atom. The van der Waals surface area contributed by atoms with Gasteiger partial charge in [0, 0.05) is 0 Å². The van der Waals surface area contributed by atoms with Crippen LogP contribution in [0.5, 0.6) is 0 Å². The van der Waals surface area contributed by atoms with E-state index >= 15 is 0 Å². The highest BCUT2D eigenvalue weighted by Gasteiger charge is 2.51. The van der Waals surface area contributed by atoms with E-state index in [1.807, 2.05) is 13.8 Å². The Kier molecular flexibility index (Phi) is 9.38. The second-order valence-electron chi connectivity index (χ2n) is 11.8. The summed E-state index contributed by atoms with van der Waals surface area (Å²) in [6.45, 7) is 10.9. The average Bonchev–Trinajstić information content (AvgIpc) is 3.16. The Balaban J connectivity index is 0.000000225. The summed E-state index contributed by atoms with van der Waals surface area (Å²) in [5.41, 5.74) is 0. The van der Waals surface area contributed by atoms with Gasteiger partial charge in [-0.25, -0.2) is 0 Å². The van der Waals surface area contributed by atoms with Gasteiger partial charge >= 0.3 is 0 Å². The molecule has 2 saturated carbocycles. The molecule has 3 fully saturated rings. The Morgan fingerprint density at radius 3 is 1.71 bits per heavy atom. The van der Waals surface area contributed by atoms with Crippen molar-refractivity contribution in [3.63, 3.8) is 0 Å². The summed E-state index contributed by atoms with van der Waals surface area (Å²) in [7, 11) is 11.8. The lowest BCUT2D eigenvalue weighted by Crippen LogP contribution is -2.27. The van der Waals surface area contributed by atoms with Gasteiger partial charge in [0.15, 0.2) is 5.79 Å². The molecule has 3 aliphatic rings. The minimum absolute atomic E-state index is 0.0984. The van der Waals surface area contributed by atoms with E-state index in [-0.39, 0.29) is 29.8 Å². The second kappa shape index (κ2) is 10.5. The number of aliphatic hydroxyl groups excluding tert-OH is 2. The third-order valence-electron chi connectivity index (χ3n) is 6.68. The number of ether oxygens (including phenoxy) is 2. The van der Waals surface area contributed by atoms with Gasteiger partial charge in [0.25, 0.3) is 0 Å². The van der Waals surface area contributed by atoms with Crippen molar-refractivity contribution in [3.8, 4) is 0 Å². The van der Waals surface area contributed by atoms with Crippen molar-refractivity contribution < 1.29 is 19.7 Å². The van der Waals surface area contributed by atoms with E-state index in [0.717, 1.165) is 25.4 Å². The molecule has 0 amide bonds. The van der Waals surface area contributed by atoms with Gasteiger partial charge in [-0.2, -0.15) is 0 Å². The van der Waals surface area contributed by atoms with Gasteiger partial charge in [-0.1, -0.05) is 12.8 Å². The lowest BCUT2D eigenvalue weighted by molar-refractivity contribution is -0.156. The molecule has 8 heteroatoms. The Hall–Kier alpha value is 0.570. The van der Waals surface area contributed by atoms with Crippen molar-refractivity contribution in [1.29, 1.82) is 0 Å². The lowest BCUT2D eigenvalue weighted by atomic mass is 9.83. The molecule has 1 aliphatic heterocycles. The largest absolute Gasteiger partial charge is 0.391 e. The van der Waals surface area contributed by atoms with E-state index in [9.17, 15) is 10.2 Å². The van der Waals surface area contributed by atoms with Crippen molar-refractivity contribution in [1.82, 2.24) is 0 Å². The minimum atomic E-state index is -1.02. The number of aliphatic hydroxyl groups is 2. The fourth-order valence-electron chi connectivity index (χ4n) is 4.89. The minimum Gasteiger partial charge on any atom is -0.391 e. The summed E-state index contributed by atoms with van der Waals surface area (Å²) < 4.78 is 11.9. The Morgan fingerprint density at radius 1 is 0.806 bits per heavy atom. The van der Waals surface area contributed by atoms with Crippen molar-refractivity contribution in [3.05, 3.63) is 0 Å². The van der Waals surface area contributed by atoms with Crippen molar-refractivity contribution in [2.45, 2.75) is 81.4 Å². The molecular formula is C23H44B2O4P2. The van der Waals surface area contributed by atoms with Gasteiger partial charge in [-0.3, -0.25) is 0 Å². The summed E-state index contributed by atoms with van der Waals surface area (Å²) in [4.78, 5) is 0. The van der Waals surface area contributed by atoms with E-state index < -0.39 is 31.8 Å². The Bertz CT molecular complexity index is 689. The van der Waals surface area contributed by atoms with Crippen molar-refractivity contribution in [2.24, 2.45) is 11.8 Å². The third kappa shape index (κ3) is 8.38. The van der Waals surface area contributed by atoms with Crippen LogP contribution in [0.4, 0.5) is 0 Å². The quantitative estimate of drug-likeness (QED) is 0.464. The molecule has 1 heterocycles. The maximum atomic E-state index is 9.69. The first kappa shape index (κ1) is 27.8. The normalized spacial score (nSPS) is 39.7. The molecule has 0 aromatic heterocycles. The average molecular weight is 468 g/mol. The number of hydrogen-bond acceptors (Lipinski definition) is 4. The zero-order valence-corrected chi connectivity index (χ0v) is 22.3. The fraction of sp³-hybridized carbons (Fsp3) is 0.913. The first-order valence-corrected chi connectivity index (χ1v) is 17.7. The van der Waals surface area contributed by atoms with Gasteiger partial charge < -0.3 is 19.7 Å². The van der Waals surface area contributed by atoms with Crippen molar-refractivity contribution >= 4 is 42.1 Å². The summed E-state index contributed by atoms with van der Waals surface area (Å²) in [5, 5.41) is 19.2. The van der Waals surface area contributed by atoms with Gasteiger partial charge in [0.2, 0.25) is 0 Å². The molecule has 0 bridgehead atoms. The van der Waals surface area contributed by atoms with Crippen LogP contribution in [0.2, 0.25) is 11.6 Å². The maximum Gasteiger partial charge on any atom is 0.163 e. The first-order valence-electron chi connectivity index (χ1n) is 11.6. The van der Waals surface area contributed by atoms with Gasteiger partial charge in [0.1, 0.15) is 0 Å². The molecule has 2 aliphatic carbocycles. The van der Waals surface area contributed by atoms with E-state index in [0.29, 0.717) is 5.92 Å². The van der Waals surface area contributed by atoms with E-state index in [2.05, 4.69) is 39.3 Å². The van der Waals surface area contributed by atoms with Crippen LogP contribution in [-0.2, 0) is 9.47 Å². The molecule has 4 radical (unpaired) electrons. The van der Waals surface area contributed by atoms with Crippen molar-refractivity contribution in [2.75, 3.05) is 39.0 Å². The van der Waals surface area contributed by atoms with E-state index in [4.69, 9.17) is 25.2 Å². The van der Waals surface area contributed by atoms with Crippen LogP contribution in [0.25, 0.3) is 0 Å². The second-order valence-corrected chi connectivity index (χ2v) is 20.4. The number of rotatable bonds is 6. The smallest absolute Gasteiger partial charge is 0.163 e. The van der Waals surface area contributed by atoms with Crippen LogP contribution in [0.1, 0.15) is 39.5 Å². The SMILES string of the molecule is [B]C1CC(CCP(=C)(C)C)C(O)C1O.[B]C1CC(CCP(=C)(C)C)C2OC(C)(C)OC12. The first-order chi connectivity index (χ1) is 14.0. The monoisotopic (exact) mass is 468 g/mol.